The van der Waals surface area contributed by atoms with Gasteiger partial charge in [0.15, 0.2) is 5.78 Å². The molecule has 2 aliphatic rings. The number of benzene rings is 1. The van der Waals surface area contributed by atoms with Crippen molar-refractivity contribution in [3.8, 4) is 12.3 Å². The number of fused-ring (bicyclic) bond motifs is 2. The molecule has 0 amide bonds. The Kier molecular flexibility index (Phi) is 2.53. The number of rotatable bonds is 1. The molecule has 0 saturated carbocycles. The Bertz CT molecular complexity index is 591. The summed E-state index contributed by atoms with van der Waals surface area (Å²) in [6.07, 6.45) is 13.4. The van der Waals surface area contributed by atoms with Gasteiger partial charge in [0.25, 0.3) is 0 Å². The van der Waals surface area contributed by atoms with Gasteiger partial charge in [-0.3, -0.25) is 4.79 Å². The van der Waals surface area contributed by atoms with Crippen LogP contribution < -0.4 is 4.90 Å². The van der Waals surface area contributed by atoms with Gasteiger partial charge in [-0.05, 0) is 12.1 Å². The molecule has 1 aromatic carbocycles. The minimum atomic E-state index is -0.113. The Balaban J connectivity index is 2.15. The second kappa shape index (κ2) is 4.19. The van der Waals surface area contributed by atoms with Crippen LogP contribution in [-0.2, 0) is 0 Å². The molecule has 1 aliphatic carbocycles. The number of para-hydroxylation sites is 1. The second-order valence-corrected chi connectivity index (χ2v) is 4.50. The van der Waals surface area contributed by atoms with Crippen LogP contribution in [-0.4, -0.2) is 18.4 Å². The smallest absolute Gasteiger partial charge is 0.174 e. The van der Waals surface area contributed by atoms with Crippen molar-refractivity contribution in [1.82, 2.24) is 0 Å². The molecule has 0 aromatic heterocycles. The van der Waals surface area contributed by atoms with Crippen molar-refractivity contribution < 1.29 is 4.79 Å². The molecule has 1 aliphatic heterocycles. The van der Waals surface area contributed by atoms with E-state index < -0.39 is 0 Å². The van der Waals surface area contributed by atoms with Gasteiger partial charge < -0.3 is 4.90 Å². The van der Waals surface area contributed by atoms with E-state index in [-0.39, 0.29) is 17.7 Å². The number of terminal acetylenes is 1. The molecule has 3 rings (SSSR count). The fourth-order valence-electron chi connectivity index (χ4n) is 2.70. The summed E-state index contributed by atoms with van der Waals surface area (Å²) in [4.78, 5) is 14.6. The normalized spacial score (nSPS) is 24.4. The summed E-state index contributed by atoms with van der Waals surface area (Å²) in [5.41, 5.74) is 1.72. The lowest BCUT2D eigenvalue weighted by Gasteiger charge is -2.40. The van der Waals surface area contributed by atoms with Crippen molar-refractivity contribution in [3.63, 3.8) is 0 Å². The highest BCUT2D eigenvalue weighted by Crippen LogP contribution is 2.35. The summed E-state index contributed by atoms with van der Waals surface area (Å²) in [5.74, 6) is 2.75. The Morgan fingerprint density at radius 2 is 2.00 bits per heavy atom. The van der Waals surface area contributed by atoms with Crippen molar-refractivity contribution in [2.24, 2.45) is 5.92 Å². The standard InChI is InChI=1S/C16H13NO/c1-2-11-17-14-9-5-3-7-12(14)16(18)13-8-4-6-10-15(13)17/h1,3-10,12,14H,11H2. The highest BCUT2D eigenvalue weighted by Gasteiger charge is 2.37. The number of carbonyl (C=O) groups excluding carboxylic acids is 1. The van der Waals surface area contributed by atoms with Crippen LogP contribution in [0.3, 0.4) is 0 Å². The Morgan fingerprint density at radius 3 is 2.83 bits per heavy atom. The zero-order valence-corrected chi connectivity index (χ0v) is 9.91. The minimum absolute atomic E-state index is 0.0495. The third-order valence-corrected chi connectivity index (χ3v) is 3.51. The average Bonchev–Trinajstić information content (AvgIpc) is 2.43. The van der Waals surface area contributed by atoms with Crippen LogP contribution in [0, 0.1) is 18.3 Å². The van der Waals surface area contributed by atoms with Gasteiger partial charge in [0.1, 0.15) is 0 Å². The maximum absolute atomic E-state index is 12.4. The van der Waals surface area contributed by atoms with Crippen LogP contribution in [0.5, 0.6) is 0 Å². The van der Waals surface area contributed by atoms with Gasteiger partial charge in [0.05, 0.1) is 18.5 Å². The number of hydrogen-bond acceptors (Lipinski definition) is 2. The van der Waals surface area contributed by atoms with Crippen molar-refractivity contribution in [2.45, 2.75) is 6.04 Å². The van der Waals surface area contributed by atoms with Gasteiger partial charge in [-0.15, -0.1) is 6.42 Å². The molecule has 1 heterocycles. The number of Topliss-reactive ketones (excluding diaryl/α,β-unsaturated/α-hetero) is 1. The first-order chi connectivity index (χ1) is 8.83. The van der Waals surface area contributed by atoms with Gasteiger partial charge >= 0.3 is 0 Å². The second-order valence-electron chi connectivity index (χ2n) is 4.50. The third kappa shape index (κ3) is 1.48. The molecule has 0 N–H and O–H groups in total. The average molecular weight is 235 g/mol. The van der Waals surface area contributed by atoms with Gasteiger partial charge in [-0.25, -0.2) is 0 Å². The van der Waals surface area contributed by atoms with Crippen LogP contribution in [0.15, 0.2) is 48.6 Å². The molecule has 0 bridgehead atoms. The molecule has 88 valence electrons. The highest BCUT2D eigenvalue weighted by atomic mass is 16.1. The Labute approximate surface area is 107 Å². The molecular formula is C16H13NO. The van der Waals surface area contributed by atoms with Crippen LogP contribution in [0.2, 0.25) is 0 Å². The first-order valence-electron chi connectivity index (χ1n) is 6.01. The monoisotopic (exact) mass is 235 g/mol. The lowest BCUT2D eigenvalue weighted by molar-refractivity contribution is 0.0929. The van der Waals surface area contributed by atoms with Crippen LogP contribution in [0.25, 0.3) is 0 Å². The maximum Gasteiger partial charge on any atom is 0.174 e. The van der Waals surface area contributed by atoms with Gasteiger partial charge in [-0.2, -0.15) is 0 Å². The van der Waals surface area contributed by atoms with E-state index in [0.29, 0.717) is 6.54 Å². The van der Waals surface area contributed by atoms with Crippen molar-refractivity contribution in [2.75, 3.05) is 11.4 Å². The molecule has 2 atom stereocenters. The van der Waals surface area contributed by atoms with E-state index in [1.54, 1.807) is 0 Å². The summed E-state index contributed by atoms with van der Waals surface area (Å²) < 4.78 is 0. The fourth-order valence-corrected chi connectivity index (χ4v) is 2.70. The van der Waals surface area contributed by atoms with E-state index in [4.69, 9.17) is 6.42 Å². The number of ketones is 1. The van der Waals surface area contributed by atoms with E-state index in [9.17, 15) is 4.79 Å². The Morgan fingerprint density at radius 1 is 1.22 bits per heavy atom. The van der Waals surface area contributed by atoms with E-state index >= 15 is 0 Å². The molecule has 2 heteroatoms. The van der Waals surface area contributed by atoms with Gasteiger partial charge in [0.2, 0.25) is 0 Å². The van der Waals surface area contributed by atoms with E-state index in [1.165, 1.54) is 0 Å². The molecule has 0 fully saturated rings. The molecular weight excluding hydrogens is 222 g/mol. The summed E-state index contributed by atoms with van der Waals surface area (Å²) >= 11 is 0. The maximum atomic E-state index is 12.4. The molecule has 0 spiro atoms. The van der Waals surface area contributed by atoms with E-state index in [0.717, 1.165) is 11.3 Å². The summed E-state index contributed by atoms with van der Waals surface area (Å²) in [6, 6.07) is 7.73. The number of carbonyl (C=O) groups is 1. The zero-order valence-electron chi connectivity index (χ0n) is 9.91. The molecule has 0 radical (unpaired) electrons. The van der Waals surface area contributed by atoms with E-state index in [2.05, 4.69) is 16.9 Å². The molecule has 2 unspecified atom stereocenters. The quantitative estimate of drug-likeness (QED) is 0.697. The van der Waals surface area contributed by atoms with Crippen LogP contribution in [0.1, 0.15) is 10.4 Å². The lowest BCUT2D eigenvalue weighted by Crippen LogP contribution is -2.47. The molecule has 2 nitrogen and oxygen atoms in total. The number of anilines is 1. The van der Waals surface area contributed by atoms with Gasteiger partial charge in [-0.1, -0.05) is 42.4 Å². The largest absolute Gasteiger partial charge is 0.352 e. The van der Waals surface area contributed by atoms with Crippen molar-refractivity contribution in [3.05, 3.63) is 54.1 Å². The molecule has 1 aromatic rings. The number of allylic oxidation sites excluding steroid dienone is 2. The first kappa shape index (κ1) is 10.9. The predicted octanol–water partition coefficient (Wildman–Crippen LogP) is 2.43. The van der Waals surface area contributed by atoms with Crippen molar-refractivity contribution in [1.29, 1.82) is 0 Å². The van der Waals surface area contributed by atoms with E-state index in [1.807, 2.05) is 42.5 Å². The highest BCUT2D eigenvalue weighted by molar-refractivity contribution is 6.06. The fraction of sp³-hybridized carbons (Fsp3) is 0.188. The van der Waals surface area contributed by atoms with Crippen LogP contribution in [0.4, 0.5) is 5.69 Å². The third-order valence-electron chi connectivity index (χ3n) is 3.51. The molecule has 18 heavy (non-hydrogen) atoms. The molecule has 0 saturated heterocycles. The van der Waals surface area contributed by atoms with Crippen molar-refractivity contribution >= 4 is 11.5 Å². The minimum Gasteiger partial charge on any atom is -0.352 e. The SMILES string of the molecule is C#CCN1c2ccccc2C(=O)C2C=CC=CC21. The predicted molar refractivity (Wildman–Crippen MR) is 72.5 cm³/mol. The first-order valence-corrected chi connectivity index (χ1v) is 6.01. The zero-order chi connectivity index (χ0) is 12.5. The number of hydrogen-bond donors (Lipinski definition) is 0. The summed E-state index contributed by atoms with van der Waals surface area (Å²) in [5, 5.41) is 0. The van der Waals surface area contributed by atoms with Crippen LogP contribution >= 0.6 is 0 Å². The van der Waals surface area contributed by atoms with Gasteiger partial charge in [0, 0.05) is 11.3 Å². The summed E-state index contributed by atoms with van der Waals surface area (Å²) in [6.45, 7) is 0.518. The number of nitrogens with zero attached hydrogens (tertiary/aromatic N) is 1. The topological polar surface area (TPSA) is 20.3 Å². The Hall–Kier alpha value is -2.27. The lowest BCUT2D eigenvalue weighted by atomic mass is 9.82. The summed E-state index contributed by atoms with van der Waals surface area (Å²) in [7, 11) is 0.